The highest BCUT2D eigenvalue weighted by Crippen LogP contribution is 2.26. The van der Waals surface area contributed by atoms with Crippen LogP contribution in [0.2, 0.25) is 0 Å². The molecule has 0 bridgehead atoms. The number of allylic oxidation sites excluding steroid dienone is 1. The molecule has 3 rings (SSSR count). The van der Waals surface area contributed by atoms with E-state index in [4.69, 9.17) is 0 Å². The van der Waals surface area contributed by atoms with Gasteiger partial charge in [0.25, 0.3) is 11.8 Å². The lowest BCUT2D eigenvalue weighted by Crippen LogP contribution is -2.31. The number of carbonyl (C=O) groups excluding carboxylic acids is 2. The third-order valence-corrected chi connectivity index (χ3v) is 3.37. The number of amides is 2. The summed E-state index contributed by atoms with van der Waals surface area (Å²) in [6.45, 7) is 1.75. The summed E-state index contributed by atoms with van der Waals surface area (Å²) in [5.41, 5.74) is 2.77. The van der Waals surface area contributed by atoms with Gasteiger partial charge < -0.3 is 16.0 Å². The Morgan fingerprint density at radius 3 is 2.18 bits per heavy atom. The minimum absolute atomic E-state index is 0.213. The number of benzene rings is 2. The summed E-state index contributed by atoms with van der Waals surface area (Å²) >= 11 is 0. The molecular formula is C17H15N3O2. The topological polar surface area (TPSA) is 70.2 Å². The van der Waals surface area contributed by atoms with E-state index < -0.39 is 0 Å². The Morgan fingerprint density at radius 1 is 0.909 bits per heavy atom. The molecule has 0 saturated carbocycles. The second kappa shape index (κ2) is 5.73. The van der Waals surface area contributed by atoms with Crippen molar-refractivity contribution < 1.29 is 9.59 Å². The van der Waals surface area contributed by atoms with E-state index in [9.17, 15) is 9.59 Å². The first kappa shape index (κ1) is 13.9. The molecule has 5 heteroatoms. The maximum atomic E-state index is 12.3. The monoisotopic (exact) mass is 293 g/mol. The van der Waals surface area contributed by atoms with Crippen molar-refractivity contribution in [2.24, 2.45) is 0 Å². The number of hydrogen-bond acceptors (Lipinski definition) is 3. The fraction of sp³-hybridized carbons (Fsp3) is 0.0588. The second-order valence-electron chi connectivity index (χ2n) is 4.94. The molecule has 2 aromatic carbocycles. The van der Waals surface area contributed by atoms with Crippen LogP contribution in [-0.4, -0.2) is 11.8 Å². The molecule has 0 radical (unpaired) electrons. The molecule has 0 atom stereocenters. The number of rotatable bonds is 2. The highest BCUT2D eigenvalue weighted by Gasteiger charge is 2.21. The van der Waals surface area contributed by atoms with Crippen LogP contribution in [0.3, 0.4) is 0 Å². The summed E-state index contributed by atoms with van der Waals surface area (Å²) in [6.07, 6.45) is 0. The third-order valence-electron chi connectivity index (χ3n) is 3.37. The summed E-state index contributed by atoms with van der Waals surface area (Å²) in [7, 11) is 0. The van der Waals surface area contributed by atoms with Crippen LogP contribution in [0.15, 0.2) is 66.0 Å². The Morgan fingerprint density at radius 2 is 1.50 bits per heavy atom. The van der Waals surface area contributed by atoms with E-state index in [2.05, 4.69) is 16.0 Å². The van der Waals surface area contributed by atoms with Crippen molar-refractivity contribution in [1.82, 2.24) is 5.32 Å². The normalized spacial score (nSPS) is 13.6. The Labute approximate surface area is 128 Å². The van der Waals surface area contributed by atoms with Crippen molar-refractivity contribution in [3.05, 3.63) is 71.6 Å². The average Bonchev–Trinajstić information content (AvgIpc) is 2.65. The fourth-order valence-electron chi connectivity index (χ4n) is 2.25. The number of anilines is 2. The van der Waals surface area contributed by atoms with E-state index in [1.807, 2.05) is 24.3 Å². The zero-order valence-corrected chi connectivity index (χ0v) is 12.0. The molecule has 2 aromatic rings. The van der Waals surface area contributed by atoms with Crippen LogP contribution in [0, 0.1) is 0 Å². The summed E-state index contributed by atoms with van der Waals surface area (Å²) < 4.78 is 0. The summed E-state index contributed by atoms with van der Waals surface area (Å²) in [5, 5.41) is 8.60. The van der Waals surface area contributed by atoms with Crippen molar-refractivity contribution in [3.63, 3.8) is 0 Å². The van der Waals surface area contributed by atoms with E-state index in [0.29, 0.717) is 16.9 Å². The van der Waals surface area contributed by atoms with Crippen LogP contribution in [-0.2, 0) is 4.79 Å². The van der Waals surface area contributed by atoms with Crippen LogP contribution >= 0.6 is 0 Å². The van der Waals surface area contributed by atoms with Crippen LogP contribution in [0.4, 0.5) is 11.4 Å². The number of fused-ring (bicyclic) bond motifs is 1. The van der Waals surface area contributed by atoms with Crippen LogP contribution in [0.1, 0.15) is 17.3 Å². The van der Waals surface area contributed by atoms with Gasteiger partial charge in [-0.3, -0.25) is 9.59 Å². The number of para-hydroxylation sites is 2. The van der Waals surface area contributed by atoms with Gasteiger partial charge in [0.05, 0.1) is 11.4 Å². The van der Waals surface area contributed by atoms with Gasteiger partial charge in [0.1, 0.15) is 5.70 Å². The van der Waals surface area contributed by atoms with E-state index in [1.54, 1.807) is 37.3 Å². The van der Waals surface area contributed by atoms with Crippen molar-refractivity contribution in [1.29, 1.82) is 0 Å². The predicted octanol–water partition coefficient (Wildman–Crippen LogP) is 2.71. The zero-order chi connectivity index (χ0) is 15.5. The van der Waals surface area contributed by atoms with Crippen molar-refractivity contribution in [2.75, 3.05) is 10.6 Å². The van der Waals surface area contributed by atoms with Gasteiger partial charge in [-0.25, -0.2) is 0 Å². The molecular weight excluding hydrogens is 278 g/mol. The first-order valence-electron chi connectivity index (χ1n) is 6.90. The maximum absolute atomic E-state index is 12.3. The predicted molar refractivity (Wildman–Crippen MR) is 85.3 cm³/mol. The number of hydrogen-bond donors (Lipinski definition) is 3. The molecule has 2 amide bonds. The van der Waals surface area contributed by atoms with E-state index >= 15 is 0 Å². The summed E-state index contributed by atoms with van der Waals surface area (Å²) in [6, 6.07) is 16.1. The van der Waals surface area contributed by atoms with Crippen LogP contribution in [0.5, 0.6) is 0 Å². The van der Waals surface area contributed by atoms with Gasteiger partial charge >= 0.3 is 0 Å². The maximum Gasteiger partial charge on any atom is 0.274 e. The Bertz CT molecular complexity index is 766. The lowest BCUT2D eigenvalue weighted by atomic mass is 10.2. The molecule has 0 saturated heterocycles. The molecule has 0 unspecified atom stereocenters. The van der Waals surface area contributed by atoms with Crippen LogP contribution < -0.4 is 16.0 Å². The van der Waals surface area contributed by atoms with Gasteiger partial charge in [-0.05, 0) is 31.2 Å². The molecule has 1 aliphatic rings. The molecule has 5 nitrogen and oxygen atoms in total. The molecule has 1 aliphatic heterocycles. The van der Waals surface area contributed by atoms with Crippen molar-refractivity contribution >= 4 is 23.2 Å². The smallest absolute Gasteiger partial charge is 0.274 e. The van der Waals surface area contributed by atoms with Gasteiger partial charge in [-0.15, -0.1) is 0 Å². The highest BCUT2D eigenvalue weighted by atomic mass is 16.2. The minimum Gasteiger partial charge on any atom is -0.356 e. The Balaban J connectivity index is 1.88. The molecule has 0 aliphatic carbocycles. The summed E-state index contributed by atoms with van der Waals surface area (Å²) in [5.74, 6) is -0.669. The molecule has 0 aromatic heterocycles. The van der Waals surface area contributed by atoms with E-state index in [0.717, 1.165) is 5.69 Å². The minimum atomic E-state index is -0.348. The summed E-state index contributed by atoms with van der Waals surface area (Å²) in [4.78, 5) is 24.6. The van der Waals surface area contributed by atoms with Gasteiger partial charge in [0.15, 0.2) is 0 Å². The molecule has 0 spiro atoms. The lowest BCUT2D eigenvalue weighted by Gasteiger charge is -2.10. The lowest BCUT2D eigenvalue weighted by molar-refractivity contribution is -0.113. The number of carbonyl (C=O) groups is 2. The second-order valence-corrected chi connectivity index (χ2v) is 4.94. The third kappa shape index (κ3) is 2.69. The first-order valence-corrected chi connectivity index (χ1v) is 6.90. The molecule has 1 heterocycles. The van der Waals surface area contributed by atoms with Gasteiger partial charge in [-0.1, -0.05) is 30.3 Å². The van der Waals surface area contributed by atoms with E-state index in [-0.39, 0.29) is 17.5 Å². The average molecular weight is 293 g/mol. The Kier molecular flexibility index (Phi) is 3.62. The SMILES string of the molecule is CC1=C(NC(=O)c2ccccc2)C(=O)Nc2ccccc2N1. The first-order chi connectivity index (χ1) is 10.6. The van der Waals surface area contributed by atoms with E-state index in [1.165, 1.54) is 0 Å². The molecule has 110 valence electrons. The standard InChI is InChI=1S/C17H15N3O2/c1-11-15(20-16(21)12-7-3-2-4-8-12)17(22)19-14-10-6-5-9-13(14)18-11/h2-10,18H,1H3,(H,19,22)(H,20,21). The molecule has 3 N–H and O–H groups in total. The van der Waals surface area contributed by atoms with Crippen molar-refractivity contribution in [3.8, 4) is 0 Å². The largest absolute Gasteiger partial charge is 0.356 e. The van der Waals surface area contributed by atoms with Crippen LogP contribution in [0.25, 0.3) is 0 Å². The van der Waals surface area contributed by atoms with Gasteiger partial charge in [-0.2, -0.15) is 0 Å². The van der Waals surface area contributed by atoms with Gasteiger partial charge in [0, 0.05) is 11.3 Å². The molecule has 0 fully saturated rings. The highest BCUT2D eigenvalue weighted by molar-refractivity contribution is 6.11. The van der Waals surface area contributed by atoms with Gasteiger partial charge in [0.2, 0.25) is 0 Å². The van der Waals surface area contributed by atoms with Crippen molar-refractivity contribution in [2.45, 2.75) is 6.92 Å². The molecule has 22 heavy (non-hydrogen) atoms. The quantitative estimate of drug-likeness (QED) is 0.797. The number of nitrogens with one attached hydrogen (secondary N) is 3. The fourth-order valence-corrected chi connectivity index (χ4v) is 2.25. The Hall–Kier alpha value is -3.08. The zero-order valence-electron chi connectivity index (χ0n) is 12.0.